The third kappa shape index (κ3) is 7.88. The number of carbonyl (C=O) groups is 3. The highest BCUT2D eigenvalue weighted by molar-refractivity contribution is 7.99. The fourth-order valence-electron chi connectivity index (χ4n) is 11.2. The summed E-state index contributed by atoms with van der Waals surface area (Å²) in [7, 11) is 5.18. The number of hydrogen-bond donors (Lipinski definition) is 2. The standard InChI is InChI=1S/C50H63N3O12S/c1-10-11-12-13-14-15-35(54)64-43-27(3)44-45(62-25-61-44)37-32-23-60-47(56)50(31-21-33(58-8)34(20-28(31)16-17-51-50)63-48(57)65-49(4,5)6)24-66-46(38(37)43)40-39-36-29(18-26(2)42(59-9)41(36)55)19-30(52(39)7)22-53(32)40/h18,20-21,30,32,39-40,46,51,55H,10-17,19,22-25H2,1-9H3/t30?,32?,39?,40?,46?,50-/m1/s1. The summed E-state index contributed by atoms with van der Waals surface area (Å²) in [6.45, 7) is 12.3. The zero-order valence-electron chi connectivity index (χ0n) is 39.6. The van der Waals surface area contributed by atoms with E-state index in [1.807, 2.05) is 13.8 Å². The molecule has 66 heavy (non-hydrogen) atoms. The summed E-state index contributed by atoms with van der Waals surface area (Å²) in [6, 6.07) is 4.45. The van der Waals surface area contributed by atoms with Crippen LogP contribution in [-0.2, 0) is 37.4 Å². The van der Waals surface area contributed by atoms with Gasteiger partial charge in [-0.3, -0.25) is 19.9 Å². The molecule has 3 aromatic rings. The molecule has 7 aliphatic rings. The van der Waals surface area contributed by atoms with Gasteiger partial charge in [-0.05, 0) is 95.3 Å². The number of ether oxygens (including phenoxy) is 8. The number of methoxy groups -OCH3 is 2. The summed E-state index contributed by atoms with van der Waals surface area (Å²) in [6.07, 6.45) is 5.53. The van der Waals surface area contributed by atoms with Crippen LogP contribution < -0.4 is 33.7 Å². The number of carbonyl (C=O) groups excluding carboxylic acids is 3. The van der Waals surface area contributed by atoms with Crippen LogP contribution in [0.15, 0.2) is 18.2 Å². The van der Waals surface area contributed by atoms with Crippen molar-refractivity contribution in [2.45, 2.75) is 133 Å². The van der Waals surface area contributed by atoms with Crippen LogP contribution in [0.5, 0.6) is 40.2 Å². The van der Waals surface area contributed by atoms with Crippen LogP contribution >= 0.6 is 11.8 Å². The number of fused-ring (bicyclic) bond motifs is 9. The molecule has 0 amide bonds. The molecule has 0 radical (unpaired) electrons. The summed E-state index contributed by atoms with van der Waals surface area (Å²) >= 11 is 1.58. The minimum Gasteiger partial charge on any atom is -0.504 e. The molecule has 0 saturated carbocycles. The van der Waals surface area contributed by atoms with E-state index in [9.17, 15) is 14.7 Å². The zero-order valence-corrected chi connectivity index (χ0v) is 40.4. The number of aromatic hydroxyl groups is 1. The molecule has 5 unspecified atom stereocenters. The maximum absolute atomic E-state index is 15.1. The van der Waals surface area contributed by atoms with E-state index < -0.39 is 34.6 Å². The lowest BCUT2D eigenvalue weighted by Crippen LogP contribution is -2.65. The minimum absolute atomic E-state index is 0.00908. The van der Waals surface area contributed by atoms with Crippen molar-refractivity contribution in [2.24, 2.45) is 0 Å². The highest BCUT2D eigenvalue weighted by Crippen LogP contribution is 2.64. The number of phenolic OH excluding ortho intramolecular Hbond substituents is 1. The number of piperazine rings is 1. The topological polar surface area (TPSA) is 164 Å². The number of rotatable bonds is 10. The van der Waals surface area contributed by atoms with Gasteiger partial charge in [0.1, 0.15) is 18.0 Å². The maximum atomic E-state index is 15.1. The Balaban J connectivity index is 1.21. The average molecular weight is 930 g/mol. The molecule has 356 valence electrons. The number of aryl methyl sites for hydroxylation is 1. The first-order valence-corrected chi connectivity index (χ1v) is 24.3. The van der Waals surface area contributed by atoms with E-state index in [0.717, 1.165) is 59.1 Å². The van der Waals surface area contributed by atoms with Crippen molar-refractivity contribution in [2.75, 3.05) is 53.5 Å². The Morgan fingerprint density at radius 3 is 2.45 bits per heavy atom. The quantitative estimate of drug-likeness (QED) is 0.0868. The van der Waals surface area contributed by atoms with Gasteiger partial charge in [-0.2, -0.15) is 0 Å². The molecular formula is C50H63N3O12S. The predicted octanol–water partition coefficient (Wildman–Crippen LogP) is 8.04. The van der Waals surface area contributed by atoms with E-state index in [0.29, 0.717) is 66.5 Å². The van der Waals surface area contributed by atoms with Crippen LogP contribution in [0, 0.1) is 13.8 Å². The highest BCUT2D eigenvalue weighted by atomic mass is 32.2. The Morgan fingerprint density at radius 2 is 1.71 bits per heavy atom. The van der Waals surface area contributed by atoms with E-state index in [-0.39, 0.29) is 66.9 Å². The minimum atomic E-state index is -1.38. The number of benzene rings is 3. The fraction of sp³-hybridized carbons (Fsp3) is 0.580. The molecule has 4 bridgehead atoms. The number of phenols is 1. The SMILES string of the molecule is CCCCCCCC(=O)Oc1c(C)c2c(c3c1C1SC[C@]4(NCCc5cc(OC(=O)OC(C)(C)C)c(OC)cc54)C(=O)OCC3N3CC4Cc5cc(C)c(OC)c(O)c5C(C13)N4C)OCO2. The van der Waals surface area contributed by atoms with Gasteiger partial charge in [-0.25, -0.2) is 9.59 Å². The van der Waals surface area contributed by atoms with Crippen LogP contribution in [-0.4, -0.2) is 104 Å². The van der Waals surface area contributed by atoms with Crippen LogP contribution in [0.1, 0.15) is 128 Å². The van der Waals surface area contributed by atoms with Gasteiger partial charge >= 0.3 is 18.1 Å². The highest BCUT2D eigenvalue weighted by Gasteiger charge is 2.59. The van der Waals surface area contributed by atoms with Crippen molar-refractivity contribution in [3.8, 4) is 40.2 Å². The summed E-state index contributed by atoms with van der Waals surface area (Å²) < 4.78 is 48.6. The summed E-state index contributed by atoms with van der Waals surface area (Å²) in [5.41, 5.74) is 4.25. The monoisotopic (exact) mass is 929 g/mol. The Bertz CT molecular complexity index is 2440. The maximum Gasteiger partial charge on any atom is 0.514 e. The second-order valence-electron chi connectivity index (χ2n) is 19.4. The Hall–Kier alpha value is -4.90. The molecule has 2 fully saturated rings. The molecule has 3 aromatic carbocycles. The normalized spacial score (nSPS) is 25.2. The summed E-state index contributed by atoms with van der Waals surface area (Å²) in [5, 5.41) is 15.4. The molecule has 10 rings (SSSR count). The molecular weight excluding hydrogens is 867 g/mol. The molecule has 2 N–H and O–H groups in total. The van der Waals surface area contributed by atoms with Crippen molar-refractivity contribution >= 4 is 29.9 Å². The lowest BCUT2D eigenvalue weighted by Gasteiger charge is -2.60. The number of thioether (sulfide) groups is 1. The van der Waals surface area contributed by atoms with Gasteiger partial charge in [0.2, 0.25) is 6.79 Å². The van der Waals surface area contributed by atoms with Crippen molar-refractivity contribution in [3.63, 3.8) is 0 Å². The largest absolute Gasteiger partial charge is 0.514 e. The van der Waals surface area contributed by atoms with Crippen LogP contribution in [0.4, 0.5) is 4.79 Å². The Morgan fingerprint density at radius 1 is 0.939 bits per heavy atom. The zero-order chi connectivity index (χ0) is 46.8. The molecule has 2 saturated heterocycles. The van der Waals surface area contributed by atoms with Crippen molar-refractivity contribution in [1.82, 2.24) is 15.1 Å². The number of hydrogen-bond acceptors (Lipinski definition) is 16. The second-order valence-corrected chi connectivity index (χ2v) is 20.6. The summed E-state index contributed by atoms with van der Waals surface area (Å²) in [4.78, 5) is 46.9. The first-order valence-electron chi connectivity index (χ1n) is 23.3. The van der Waals surface area contributed by atoms with E-state index in [1.54, 1.807) is 51.8 Å². The van der Waals surface area contributed by atoms with Gasteiger partial charge in [-0.1, -0.05) is 38.7 Å². The molecule has 16 heteroatoms. The van der Waals surface area contributed by atoms with Crippen LogP contribution in [0.25, 0.3) is 0 Å². The van der Waals surface area contributed by atoms with Crippen LogP contribution in [0.2, 0.25) is 0 Å². The van der Waals surface area contributed by atoms with Gasteiger partial charge < -0.3 is 43.0 Å². The van der Waals surface area contributed by atoms with E-state index >= 15 is 4.79 Å². The lowest BCUT2D eigenvalue weighted by molar-refractivity contribution is -0.156. The van der Waals surface area contributed by atoms with Gasteiger partial charge in [-0.15, -0.1) is 11.8 Å². The van der Waals surface area contributed by atoms with Gasteiger partial charge in [0.05, 0.1) is 31.6 Å². The van der Waals surface area contributed by atoms with E-state index in [1.165, 1.54) is 7.11 Å². The van der Waals surface area contributed by atoms with Crippen molar-refractivity contribution < 1.29 is 57.4 Å². The third-order valence-electron chi connectivity index (χ3n) is 14.2. The number of unbranched alkanes of at least 4 members (excludes halogenated alkanes) is 4. The van der Waals surface area contributed by atoms with Gasteiger partial charge in [0.15, 0.2) is 40.0 Å². The molecule has 15 nitrogen and oxygen atoms in total. The molecule has 6 atom stereocenters. The van der Waals surface area contributed by atoms with E-state index in [4.69, 9.17) is 37.9 Å². The smallest absolute Gasteiger partial charge is 0.504 e. The lowest BCUT2D eigenvalue weighted by atomic mass is 9.73. The van der Waals surface area contributed by atoms with Gasteiger partial charge in [0, 0.05) is 59.6 Å². The fourth-order valence-corrected chi connectivity index (χ4v) is 12.9. The number of esters is 2. The van der Waals surface area contributed by atoms with Crippen molar-refractivity contribution in [3.05, 3.63) is 62.7 Å². The average Bonchev–Trinajstić information content (AvgIpc) is 3.76. The Labute approximate surface area is 391 Å². The first kappa shape index (κ1) is 46.2. The van der Waals surface area contributed by atoms with Crippen molar-refractivity contribution in [1.29, 1.82) is 0 Å². The Kier molecular flexibility index (Phi) is 12.6. The predicted molar refractivity (Wildman–Crippen MR) is 246 cm³/mol. The third-order valence-corrected chi connectivity index (χ3v) is 15.7. The molecule has 1 spiro atoms. The molecule has 7 aliphatic heterocycles. The van der Waals surface area contributed by atoms with Gasteiger partial charge in [0.25, 0.3) is 0 Å². The molecule has 0 aromatic heterocycles. The molecule has 0 aliphatic carbocycles. The number of likely N-dealkylation sites (N-methyl/N-ethyl adjacent to an activating group) is 1. The van der Waals surface area contributed by atoms with E-state index in [2.05, 4.69) is 35.2 Å². The molecule has 7 heterocycles. The number of nitrogens with one attached hydrogen (secondary N) is 1. The first-order chi connectivity index (χ1) is 31.6. The van der Waals surface area contributed by atoms with Crippen LogP contribution in [0.3, 0.4) is 0 Å². The number of nitrogens with zero attached hydrogens (tertiary/aromatic N) is 2. The second kappa shape index (κ2) is 18.0. The summed E-state index contributed by atoms with van der Waals surface area (Å²) in [5.74, 6) is 1.89.